The largest absolute Gasteiger partial charge is 0.481 e. The third-order valence-electron chi connectivity index (χ3n) is 4.74. The van der Waals surface area contributed by atoms with Gasteiger partial charge in [0, 0.05) is 12.2 Å². The van der Waals surface area contributed by atoms with Crippen molar-refractivity contribution < 1.29 is 9.90 Å². The molecule has 1 aromatic heterocycles. The summed E-state index contributed by atoms with van der Waals surface area (Å²) in [6.45, 7) is 7.15. The van der Waals surface area contributed by atoms with Gasteiger partial charge in [-0.15, -0.1) is 0 Å². The molecule has 1 fully saturated rings. The van der Waals surface area contributed by atoms with E-state index in [1.165, 1.54) is 5.69 Å². The highest BCUT2D eigenvalue weighted by Crippen LogP contribution is 2.37. The molecule has 1 aliphatic rings. The van der Waals surface area contributed by atoms with Crippen molar-refractivity contribution in [2.75, 3.05) is 0 Å². The van der Waals surface area contributed by atoms with E-state index < -0.39 is 5.97 Å². The lowest BCUT2D eigenvalue weighted by Gasteiger charge is -2.33. The van der Waals surface area contributed by atoms with E-state index in [1.54, 1.807) is 0 Å². The first-order chi connectivity index (χ1) is 9.55. The Balaban J connectivity index is 2.15. The predicted octanol–water partition coefficient (Wildman–Crippen LogP) is 3.28. The molecule has 0 aromatic carbocycles. The summed E-state index contributed by atoms with van der Waals surface area (Å²) >= 11 is 0. The summed E-state index contributed by atoms with van der Waals surface area (Å²) in [6, 6.07) is 2.11. The molecular formula is C16H26N2O2. The molecule has 0 amide bonds. The van der Waals surface area contributed by atoms with E-state index >= 15 is 0 Å². The zero-order valence-corrected chi connectivity index (χ0v) is 12.8. The first kappa shape index (κ1) is 15.1. The van der Waals surface area contributed by atoms with E-state index in [0.29, 0.717) is 5.92 Å². The average Bonchev–Trinajstić information content (AvgIpc) is 2.78. The summed E-state index contributed by atoms with van der Waals surface area (Å²) < 4.78 is 2.02. The summed E-state index contributed by atoms with van der Waals surface area (Å²) in [5.74, 6) is 0.143. The minimum atomic E-state index is -0.621. The molecule has 1 saturated carbocycles. The zero-order valence-electron chi connectivity index (χ0n) is 12.8. The van der Waals surface area contributed by atoms with Gasteiger partial charge in [-0.25, -0.2) is 0 Å². The third-order valence-corrected chi connectivity index (χ3v) is 4.74. The van der Waals surface area contributed by atoms with Gasteiger partial charge < -0.3 is 5.11 Å². The van der Waals surface area contributed by atoms with Gasteiger partial charge in [0.2, 0.25) is 0 Å². The smallest absolute Gasteiger partial charge is 0.306 e. The number of nitrogens with zero attached hydrogens (tertiary/aromatic N) is 2. The molecular weight excluding hydrogens is 252 g/mol. The Hall–Kier alpha value is -1.32. The van der Waals surface area contributed by atoms with Crippen LogP contribution in [0.3, 0.4) is 0 Å². The first-order valence-electron chi connectivity index (χ1n) is 7.81. The fraction of sp³-hybridized carbons (Fsp3) is 0.750. The van der Waals surface area contributed by atoms with Gasteiger partial charge >= 0.3 is 5.97 Å². The zero-order chi connectivity index (χ0) is 14.7. The summed E-state index contributed by atoms with van der Waals surface area (Å²) in [5.41, 5.74) is 2.22. The van der Waals surface area contributed by atoms with Crippen molar-refractivity contribution in [2.45, 2.75) is 59.4 Å². The topological polar surface area (TPSA) is 55.1 Å². The number of carbonyl (C=O) groups is 1. The summed E-state index contributed by atoms with van der Waals surface area (Å²) in [6.07, 6.45) is 4.95. The summed E-state index contributed by atoms with van der Waals surface area (Å²) in [7, 11) is 0. The van der Waals surface area contributed by atoms with Crippen LogP contribution in [0.1, 0.15) is 50.9 Å². The van der Waals surface area contributed by atoms with Crippen LogP contribution in [0.5, 0.6) is 0 Å². The number of carboxylic acid groups (broad SMARTS) is 1. The fourth-order valence-corrected chi connectivity index (χ4v) is 3.59. The van der Waals surface area contributed by atoms with E-state index in [0.717, 1.165) is 44.3 Å². The van der Waals surface area contributed by atoms with Gasteiger partial charge in [0.1, 0.15) is 0 Å². The number of rotatable bonds is 5. The molecule has 1 aliphatic carbocycles. The SMILES string of the molecule is CCC1CCC(C(=O)O)C(Cc2cc(C)nn2CC)C1. The maximum Gasteiger partial charge on any atom is 0.306 e. The molecule has 1 N–H and O–H groups in total. The second-order valence-electron chi connectivity index (χ2n) is 6.09. The molecule has 0 aliphatic heterocycles. The summed E-state index contributed by atoms with van der Waals surface area (Å²) in [5, 5.41) is 13.9. The van der Waals surface area contributed by atoms with Crippen LogP contribution in [-0.2, 0) is 17.8 Å². The van der Waals surface area contributed by atoms with Gasteiger partial charge in [-0.05, 0) is 57.4 Å². The van der Waals surface area contributed by atoms with Crippen LogP contribution in [0.15, 0.2) is 6.07 Å². The molecule has 0 bridgehead atoms. The second kappa shape index (κ2) is 6.42. The Labute approximate surface area is 121 Å². The van der Waals surface area contributed by atoms with Crippen LogP contribution in [0.4, 0.5) is 0 Å². The molecule has 4 heteroatoms. The van der Waals surface area contributed by atoms with Gasteiger partial charge in [-0.3, -0.25) is 9.48 Å². The number of hydrogen-bond acceptors (Lipinski definition) is 2. The second-order valence-corrected chi connectivity index (χ2v) is 6.09. The van der Waals surface area contributed by atoms with Crippen molar-refractivity contribution in [1.29, 1.82) is 0 Å². The third kappa shape index (κ3) is 3.22. The quantitative estimate of drug-likeness (QED) is 0.899. The predicted molar refractivity (Wildman–Crippen MR) is 78.6 cm³/mol. The van der Waals surface area contributed by atoms with Crippen LogP contribution in [-0.4, -0.2) is 20.9 Å². The molecule has 2 rings (SSSR count). The van der Waals surface area contributed by atoms with Crippen molar-refractivity contribution in [3.8, 4) is 0 Å². The molecule has 0 saturated heterocycles. The van der Waals surface area contributed by atoms with Gasteiger partial charge in [0.25, 0.3) is 0 Å². The molecule has 0 spiro atoms. The molecule has 1 heterocycles. The monoisotopic (exact) mass is 278 g/mol. The van der Waals surface area contributed by atoms with E-state index in [2.05, 4.69) is 25.0 Å². The van der Waals surface area contributed by atoms with Crippen molar-refractivity contribution in [3.63, 3.8) is 0 Å². The molecule has 112 valence electrons. The van der Waals surface area contributed by atoms with E-state index in [1.807, 2.05) is 11.6 Å². The molecule has 3 unspecified atom stereocenters. The lowest BCUT2D eigenvalue weighted by Crippen LogP contribution is -2.32. The van der Waals surface area contributed by atoms with Crippen LogP contribution in [0.2, 0.25) is 0 Å². The van der Waals surface area contributed by atoms with Crippen LogP contribution in [0, 0.1) is 24.7 Å². The van der Waals surface area contributed by atoms with E-state index in [-0.39, 0.29) is 11.8 Å². The van der Waals surface area contributed by atoms with Crippen molar-refractivity contribution in [2.24, 2.45) is 17.8 Å². The number of carboxylic acids is 1. The van der Waals surface area contributed by atoms with Crippen molar-refractivity contribution in [3.05, 3.63) is 17.5 Å². The Kier molecular flexibility index (Phi) is 4.84. The Morgan fingerprint density at radius 1 is 1.45 bits per heavy atom. The van der Waals surface area contributed by atoms with E-state index in [9.17, 15) is 9.90 Å². The van der Waals surface area contributed by atoms with Gasteiger partial charge in [-0.2, -0.15) is 5.10 Å². The van der Waals surface area contributed by atoms with Crippen LogP contribution in [0.25, 0.3) is 0 Å². The molecule has 20 heavy (non-hydrogen) atoms. The number of aromatic nitrogens is 2. The minimum Gasteiger partial charge on any atom is -0.481 e. The Bertz CT molecular complexity index is 467. The lowest BCUT2D eigenvalue weighted by atomic mass is 9.71. The van der Waals surface area contributed by atoms with Gasteiger partial charge in [0.05, 0.1) is 11.6 Å². The molecule has 4 nitrogen and oxygen atoms in total. The molecule has 0 radical (unpaired) electrons. The number of aryl methyl sites for hydroxylation is 2. The first-order valence-corrected chi connectivity index (χ1v) is 7.81. The Morgan fingerprint density at radius 3 is 2.80 bits per heavy atom. The average molecular weight is 278 g/mol. The standard InChI is InChI=1S/C16H26N2O2/c1-4-12-6-7-15(16(19)20)13(9-12)10-14-8-11(3)17-18(14)5-2/h8,12-13,15H,4-7,9-10H2,1-3H3,(H,19,20). The highest BCUT2D eigenvalue weighted by Gasteiger charge is 2.34. The normalized spacial score (nSPS) is 26.6. The molecule has 3 atom stereocenters. The Morgan fingerprint density at radius 2 is 2.20 bits per heavy atom. The summed E-state index contributed by atoms with van der Waals surface area (Å²) in [4.78, 5) is 11.5. The minimum absolute atomic E-state index is 0.182. The van der Waals surface area contributed by atoms with Crippen molar-refractivity contribution >= 4 is 5.97 Å². The van der Waals surface area contributed by atoms with Gasteiger partial charge in [0.15, 0.2) is 0 Å². The maximum atomic E-state index is 11.5. The van der Waals surface area contributed by atoms with Crippen LogP contribution >= 0.6 is 0 Å². The van der Waals surface area contributed by atoms with Gasteiger partial charge in [-0.1, -0.05) is 13.3 Å². The van der Waals surface area contributed by atoms with E-state index in [4.69, 9.17) is 0 Å². The number of hydrogen-bond donors (Lipinski definition) is 1. The highest BCUT2D eigenvalue weighted by molar-refractivity contribution is 5.70. The highest BCUT2D eigenvalue weighted by atomic mass is 16.4. The van der Waals surface area contributed by atoms with Crippen molar-refractivity contribution in [1.82, 2.24) is 9.78 Å². The fourth-order valence-electron chi connectivity index (χ4n) is 3.59. The maximum absolute atomic E-state index is 11.5. The lowest BCUT2D eigenvalue weighted by molar-refractivity contribution is -0.145. The number of aliphatic carboxylic acids is 1. The van der Waals surface area contributed by atoms with Crippen LogP contribution < -0.4 is 0 Å². The molecule has 1 aromatic rings.